The zero-order valence-corrected chi connectivity index (χ0v) is 17.5. The van der Waals surface area contributed by atoms with E-state index in [0.717, 1.165) is 43.6 Å². The van der Waals surface area contributed by atoms with Crippen LogP contribution in [0.25, 0.3) is 0 Å². The summed E-state index contributed by atoms with van der Waals surface area (Å²) in [6, 6.07) is 20.0. The number of ether oxygens (including phenoxy) is 3. The number of rotatable bonds is 4. The minimum atomic E-state index is -1.17. The maximum absolute atomic E-state index is 13.4. The van der Waals surface area contributed by atoms with Crippen LogP contribution < -0.4 is 0 Å². The van der Waals surface area contributed by atoms with Crippen molar-refractivity contribution in [2.75, 3.05) is 32.8 Å². The number of fused-ring (bicyclic) bond motifs is 3. The normalized spacial score (nSPS) is 32.5. The molecule has 2 bridgehead atoms. The first kappa shape index (κ1) is 19.7. The Hall–Kier alpha value is -2.21. The Kier molecular flexibility index (Phi) is 5.13. The minimum absolute atomic E-state index is 0.0507. The molecule has 4 saturated heterocycles. The Bertz CT molecular complexity index is 839. The number of hydrogen-bond acceptors (Lipinski definition) is 5. The van der Waals surface area contributed by atoms with E-state index < -0.39 is 11.2 Å². The molecule has 0 N–H and O–H groups in total. The third-order valence-corrected chi connectivity index (χ3v) is 6.85. The van der Waals surface area contributed by atoms with E-state index >= 15 is 0 Å². The number of carbonyl (C=O) groups excluding carboxylic acids is 1. The molecule has 0 saturated carbocycles. The Labute approximate surface area is 177 Å². The molecule has 4 aliphatic heterocycles. The molecular weight excluding hydrogens is 378 g/mol. The third kappa shape index (κ3) is 3.45. The van der Waals surface area contributed by atoms with Crippen molar-refractivity contribution >= 4 is 5.97 Å². The van der Waals surface area contributed by atoms with Crippen LogP contribution >= 0.6 is 0 Å². The van der Waals surface area contributed by atoms with Gasteiger partial charge in [-0.15, -0.1) is 0 Å². The van der Waals surface area contributed by atoms with Gasteiger partial charge in [0.15, 0.2) is 5.60 Å². The molecule has 4 aliphatic rings. The van der Waals surface area contributed by atoms with Gasteiger partial charge >= 0.3 is 5.97 Å². The first-order valence-corrected chi connectivity index (χ1v) is 10.9. The molecule has 0 radical (unpaired) electrons. The summed E-state index contributed by atoms with van der Waals surface area (Å²) in [5.41, 5.74) is -0.0879. The largest absolute Gasteiger partial charge is 0.459 e. The van der Waals surface area contributed by atoms with Crippen molar-refractivity contribution in [1.82, 2.24) is 4.90 Å². The van der Waals surface area contributed by atoms with Gasteiger partial charge < -0.3 is 14.2 Å². The molecule has 2 aromatic carbocycles. The van der Waals surface area contributed by atoms with E-state index in [9.17, 15) is 4.79 Å². The van der Waals surface area contributed by atoms with Crippen LogP contribution in [0, 0.1) is 5.92 Å². The average Bonchev–Trinajstić information content (AvgIpc) is 2.81. The molecule has 2 aromatic rings. The number of hydrogen-bond donors (Lipinski definition) is 0. The fourth-order valence-electron chi connectivity index (χ4n) is 5.11. The van der Waals surface area contributed by atoms with Gasteiger partial charge in [-0.3, -0.25) is 4.90 Å². The summed E-state index contributed by atoms with van der Waals surface area (Å²) in [7, 11) is 0. The molecule has 0 aromatic heterocycles. The fraction of sp³-hybridized carbons (Fsp3) is 0.480. The predicted octanol–water partition coefficient (Wildman–Crippen LogP) is 3.37. The molecule has 6 rings (SSSR count). The Balaban J connectivity index is 1.44. The summed E-state index contributed by atoms with van der Waals surface area (Å²) in [6.07, 6.45) is 2.15. The molecular formula is C25H29NO4. The van der Waals surface area contributed by atoms with Gasteiger partial charge in [-0.25, -0.2) is 4.79 Å². The van der Waals surface area contributed by atoms with Gasteiger partial charge in [0, 0.05) is 6.54 Å². The van der Waals surface area contributed by atoms with Crippen molar-refractivity contribution in [1.29, 1.82) is 0 Å². The van der Waals surface area contributed by atoms with Gasteiger partial charge in [-0.05, 0) is 49.9 Å². The zero-order valence-electron chi connectivity index (χ0n) is 17.5. The number of nitrogens with zero attached hydrogens (tertiary/aromatic N) is 1. The summed E-state index contributed by atoms with van der Waals surface area (Å²) in [5, 5.41) is 0. The maximum Gasteiger partial charge on any atom is 0.340 e. The van der Waals surface area contributed by atoms with E-state index in [2.05, 4.69) is 4.90 Å². The molecule has 5 heteroatoms. The molecule has 2 atom stereocenters. The van der Waals surface area contributed by atoms with Gasteiger partial charge in [0.05, 0.1) is 13.2 Å². The van der Waals surface area contributed by atoms with Gasteiger partial charge in [0.25, 0.3) is 0 Å². The Morgan fingerprint density at radius 2 is 1.57 bits per heavy atom. The quantitative estimate of drug-likeness (QED) is 0.728. The van der Waals surface area contributed by atoms with E-state index in [-0.39, 0.29) is 18.7 Å². The average molecular weight is 408 g/mol. The molecule has 0 aliphatic carbocycles. The number of esters is 1. The van der Waals surface area contributed by atoms with Gasteiger partial charge in [-0.1, -0.05) is 60.7 Å². The highest BCUT2D eigenvalue weighted by Crippen LogP contribution is 2.42. The van der Waals surface area contributed by atoms with Crippen LogP contribution in [0.15, 0.2) is 60.7 Å². The second kappa shape index (κ2) is 7.80. The molecule has 0 unspecified atom stereocenters. The van der Waals surface area contributed by atoms with E-state index in [4.69, 9.17) is 14.2 Å². The molecule has 0 amide bonds. The highest BCUT2D eigenvalue weighted by atomic mass is 16.6. The van der Waals surface area contributed by atoms with Crippen molar-refractivity contribution in [3.8, 4) is 0 Å². The molecule has 0 spiro atoms. The minimum Gasteiger partial charge on any atom is -0.459 e. The first-order chi connectivity index (χ1) is 14.6. The second-order valence-corrected chi connectivity index (χ2v) is 8.97. The summed E-state index contributed by atoms with van der Waals surface area (Å²) < 4.78 is 18.8. The summed E-state index contributed by atoms with van der Waals surface area (Å²) in [5.74, 6) is 0.136. The van der Waals surface area contributed by atoms with Crippen LogP contribution in [0.5, 0.6) is 0 Å². The topological polar surface area (TPSA) is 48.0 Å². The van der Waals surface area contributed by atoms with E-state index in [1.165, 1.54) is 0 Å². The van der Waals surface area contributed by atoms with Crippen LogP contribution in [0.3, 0.4) is 0 Å². The maximum atomic E-state index is 13.4. The van der Waals surface area contributed by atoms with Crippen molar-refractivity contribution in [3.63, 3.8) is 0 Å². The smallest absolute Gasteiger partial charge is 0.340 e. The number of carbonyl (C=O) groups is 1. The summed E-state index contributed by atoms with van der Waals surface area (Å²) in [4.78, 5) is 15.8. The summed E-state index contributed by atoms with van der Waals surface area (Å²) >= 11 is 0. The fourth-order valence-corrected chi connectivity index (χ4v) is 5.11. The Morgan fingerprint density at radius 3 is 2.10 bits per heavy atom. The molecule has 30 heavy (non-hydrogen) atoms. The Morgan fingerprint density at radius 1 is 0.967 bits per heavy atom. The van der Waals surface area contributed by atoms with Crippen LogP contribution in [0.1, 0.15) is 30.9 Å². The second-order valence-electron chi connectivity index (χ2n) is 8.97. The lowest BCUT2D eigenvalue weighted by molar-refractivity contribution is -0.247. The van der Waals surface area contributed by atoms with Crippen molar-refractivity contribution < 1.29 is 19.0 Å². The van der Waals surface area contributed by atoms with Crippen molar-refractivity contribution in [2.45, 2.75) is 37.1 Å². The van der Waals surface area contributed by atoms with Gasteiger partial charge in [0.2, 0.25) is 0 Å². The SMILES string of the molecule is C[C@]1(C(=O)O[C@@H]2CN3CCC2CC3)COCC(c2ccccc2)(c2ccccc2)O1. The van der Waals surface area contributed by atoms with Crippen LogP contribution in [0.2, 0.25) is 0 Å². The zero-order chi connectivity index (χ0) is 20.6. The standard InChI is InChI=1S/C25H29NO4/c1-24(23(27)29-22-16-26-14-12-19(22)13-15-26)17-28-18-25(30-24,20-8-4-2-5-9-20)21-10-6-3-7-11-21/h2-11,19,22H,12-18H2,1H3/t22-,24-/m1/s1. The third-order valence-electron chi connectivity index (χ3n) is 6.85. The highest BCUT2D eigenvalue weighted by molar-refractivity contribution is 5.80. The molecule has 4 fully saturated rings. The monoisotopic (exact) mass is 407 g/mol. The van der Waals surface area contributed by atoms with Gasteiger partial charge in [-0.2, -0.15) is 0 Å². The lowest BCUT2D eigenvalue weighted by Gasteiger charge is -2.48. The first-order valence-electron chi connectivity index (χ1n) is 10.9. The molecule has 4 heterocycles. The number of benzene rings is 2. The predicted molar refractivity (Wildman–Crippen MR) is 113 cm³/mol. The molecule has 5 nitrogen and oxygen atoms in total. The summed E-state index contributed by atoms with van der Waals surface area (Å²) in [6.45, 7) is 5.39. The highest BCUT2D eigenvalue weighted by Gasteiger charge is 2.52. The van der Waals surface area contributed by atoms with Crippen LogP contribution in [0.4, 0.5) is 0 Å². The van der Waals surface area contributed by atoms with E-state index in [1.807, 2.05) is 60.7 Å². The number of piperidine rings is 3. The lowest BCUT2D eigenvalue weighted by Crippen LogP contribution is -2.59. The van der Waals surface area contributed by atoms with E-state index in [0.29, 0.717) is 12.5 Å². The lowest BCUT2D eigenvalue weighted by atomic mass is 9.84. The molecule has 158 valence electrons. The van der Waals surface area contributed by atoms with E-state index in [1.54, 1.807) is 6.92 Å². The van der Waals surface area contributed by atoms with Gasteiger partial charge in [0.1, 0.15) is 11.7 Å². The van der Waals surface area contributed by atoms with Crippen LogP contribution in [-0.2, 0) is 24.6 Å². The van der Waals surface area contributed by atoms with Crippen molar-refractivity contribution in [2.24, 2.45) is 5.92 Å². The van der Waals surface area contributed by atoms with Crippen LogP contribution in [-0.4, -0.2) is 55.4 Å². The van der Waals surface area contributed by atoms with Crippen molar-refractivity contribution in [3.05, 3.63) is 71.8 Å².